The number of alkyl carbamates (subject to hydrolysis) is 1. The van der Waals surface area contributed by atoms with Gasteiger partial charge in [-0.1, -0.05) is 6.42 Å². The monoisotopic (exact) mass is 973 g/mol. The van der Waals surface area contributed by atoms with Crippen molar-refractivity contribution < 1.29 is 78.9 Å². The average Bonchev–Trinajstić information content (AvgIpc) is 3.85. The van der Waals surface area contributed by atoms with Gasteiger partial charge in [-0.15, -0.1) is 0 Å². The third-order valence-electron chi connectivity index (χ3n) is 12.0. The number of ether oxygens (including phenoxy) is 3. The lowest BCUT2D eigenvalue weighted by Gasteiger charge is -2.39. The van der Waals surface area contributed by atoms with E-state index < -0.39 is 84.6 Å². The van der Waals surface area contributed by atoms with Gasteiger partial charge in [-0.2, -0.15) is 11.8 Å². The SMILES string of the molecule is O=C(O)CN1CCN(CCNC(=O)OCc2ccc(OC3OC(CO)C(O)C(O)C3O)cc2[N+](=O)[O-])CCN(CCO)CCN(C(NC(=O)CCCCC2SCC3NC(=O)NC32)C(=O)O)CC1. The second-order valence-corrected chi connectivity index (χ2v) is 17.9. The van der Waals surface area contributed by atoms with E-state index in [0.717, 1.165) is 18.2 Å². The third-order valence-corrected chi connectivity index (χ3v) is 13.5. The highest BCUT2D eigenvalue weighted by Gasteiger charge is 2.45. The van der Waals surface area contributed by atoms with E-state index in [4.69, 9.17) is 14.2 Å². The number of fused-ring (bicyclic) bond motifs is 1. The molecule has 9 unspecified atom stereocenters. The number of nitrogens with zero attached hydrogens (tertiary/aromatic N) is 5. The van der Waals surface area contributed by atoms with Crippen LogP contribution in [0.5, 0.6) is 5.75 Å². The van der Waals surface area contributed by atoms with Crippen molar-refractivity contribution in [3.05, 3.63) is 33.9 Å². The molecular formula is C40H63N9O17S. The van der Waals surface area contributed by atoms with Crippen LogP contribution in [0.4, 0.5) is 15.3 Å². The van der Waals surface area contributed by atoms with Gasteiger partial charge in [-0.05, 0) is 25.0 Å². The minimum Gasteiger partial charge on any atom is -0.480 e. The van der Waals surface area contributed by atoms with E-state index in [1.165, 1.54) is 12.1 Å². The number of carboxylic acid groups (broad SMARTS) is 2. The fourth-order valence-electron chi connectivity index (χ4n) is 8.28. The molecule has 4 aliphatic heterocycles. The summed E-state index contributed by atoms with van der Waals surface area (Å²) < 4.78 is 16.0. The molecule has 0 aliphatic carbocycles. The summed E-state index contributed by atoms with van der Waals surface area (Å²) in [5.74, 6) is -2.14. The molecule has 4 heterocycles. The van der Waals surface area contributed by atoms with Crippen LogP contribution in [0.25, 0.3) is 0 Å². The lowest BCUT2D eigenvalue weighted by molar-refractivity contribution is -0.386. The maximum atomic E-state index is 13.1. The number of aliphatic hydroxyl groups excluding tert-OH is 5. The number of rotatable bonds is 21. The third kappa shape index (κ3) is 15.9. The van der Waals surface area contributed by atoms with Crippen LogP contribution < -0.4 is 26.0 Å². The van der Waals surface area contributed by atoms with E-state index in [0.29, 0.717) is 39.0 Å². The summed E-state index contributed by atoms with van der Waals surface area (Å²) in [6.07, 6.45) is -8.11. The molecule has 9 atom stereocenters. The zero-order valence-electron chi connectivity index (χ0n) is 36.9. The van der Waals surface area contributed by atoms with Crippen LogP contribution >= 0.6 is 11.8 Å². The van der Waals surface area contributed by atoms with E-state index in [-0.39, 0.29) is 100 Å². The maximum absolute atomic E-state index is 13.1. The second-order valence-electron chi connectivity index (χ2n) is 16.7. The zero-order chi connectivity index (χ0) is 48.6. The Labute approximate surface area is 390 Å². The van der Waals surface area contributed by atoms with Crippen LogP contribution in [-0.4, -0.2) is 242 Å². The van der Waals surface area contributed by atoms with Crippen LogP contribution in [0.2, 0.25) is 0 Å². The second kappa shape index (κ2) is 26.2. The Morgan fingerprint density at radius 2 is 1.61 bits per heavy atom. The van der Waals surface area contributed by atoms with Gasteiger partial charge in [0.1, 0.15) is 36.8 Å². The fourth-order valence-corrected chi connectivity index (χ4v) is 9.82. The first-order chi connectivity index (χ1) is 32.1. The number of amides is 4. The number of carbonyl (C=O) groups excluding carboxylic acids is 3. The Balaban J connectivity index is 1.11. The molecule has 0 aromatic heterocycles. The highest BCUT2D eigenvalue weighted by molar-refractivity contribution is 8.00. The van der Waals surface area contributed by atoms with Gasteiger partial charge >= 0.3 is 24.1 Å². The van der Waals surface area contributed by atoms with Crippen molar-refractivity contribution >= 4 is 47.4 Å². The number of benzene rings is 1. The normalized spacial score (nSPS) is 27.3. The number of β-amino-alcohol motifs (C(OH)–C–C–N with tert-alkyl or cyclic N) is 1. The molecule has 4 saturated heterocycles. The molecule has 1 aromatic carbocycles. The lowest BCUT2D eigenvalue weighted by Crippen LogP contribution is -2.60. The predicted molar refractivity (Wildman–Crippen MR) is 235 cm³/mol. The van der Waals surface area contributed by atoms with E-state index in [2.05, 4.69) is 21.3 Å². The molecule has 0 spiro atoms. The number of aliphatic hydroxyl groups is 5. The van der Waals surface area contributed by atoms with Crippen molar-refractivity contribution in [3.8, 4) is 5.75 Å². The number of carboxylic acids is 2. The van der Waals surface area contributed by atoms with Gasteiger partial charge in [0, 0.05) is 89.4 Å². The molecule has 4 amide bonds. The molecule has 376 valence electrons. The Kier molecular flexibility index (Phi) is 20.8. The van der Waals surface area contributed by atoms with E-state index in [1.807, 2.05) is 9.80 Å². The van der Waals surface area contributed by atoms with Crippen LogP contribution in [0.15, 0.2) is 18.2 Å². The number of thioether (sulfide) groups is 1. The molecule has 4 fully saturated rings. The summed E-state index contributed by atoms with van der Waals surface area (Å²) in [7, 11) is 0. The molecule has 5 rings (SSSR count). The van der Waals surface area contributed by atoms with Crippen molar-refractivity contribution in [2.75, 3.05) is 97.5 Å². The first kappa shape index (κ1) is 53.3. The summed E-state index contributed by atoms with van der Waals surface area (Å²) >= 11 is 1.77. The quantitative estimate of drug-likeness (QED) is 0.0247. The predicted octanol–water partition coefficient (Wildman–Crippen LogP) is -3.45. The van der Waals surface area contributed by atoms with Crippen LogP contribution in [0.1, 0.15) is 31.2 Å². The Bertz CT molecular complexity index is 1840. The number of aliphatic carboxylic acids is 2. The van der Waals surface area contributed by atoms with Gasteiger partial charge in [0.05, 0.1) is 48.4 Å². The largest absolute Gasteiger partial charge is 0.480 e. The highest BCUT2D eigenvalue weighted by Crippen LogP contribution is 2.33. The molecule has 1 aromatic rings. The summed E-state index contributed by atoms with van der Waals surface area (Å²) in [6.45, 7) is 0.950. The van der Waals surface area contributed by atoms with Gasteiger partial charge in [-0.25, -0.2) is 14.4 Å². The summed E-state index contributed by atoms with van der Waals surface area (Å²) in [5, 5.41) is 92.8. The topological polar surface area (TPSA) is 359 Å². The molecule has 27 heteroatoms. The summed E-state index contributed by atoms with van der Waals surface area (Å²) in [6, 6.07) is 3.49. The Morgan fingerprint density at radius 1 is 0.925 bits per heavy atom. The first-order valence-electron chi connectivity index (χ1n) is 22.2. The number of nitrogens with one attached hydrogen (secondary N) is 4. The average molecular weight is 974 g/mol. The number of nitro benzene ring substituents is 1. The van der Waals surface area contributed by atoms with Gasteiger partial charge in [-0.3, -0.25) is 39.3 Å². The van der Waals surface area contributed by atoms with E-state index in [1.54, 1.807) is 21.6 Å². The molecule has 4 aliphatic rings. The van der Waals surface area contributed by atoms with E-state index >= 15 is 0 Å². The standard InChI is InChI=1S/C40H63N9O17S/c50-18-17-46-10-9-45(8-7-41-40(61)64-22-24-5-6-25(19-27(24)49(62)63)65-38-35(57)34(56)33(55)28(21-51)66-38)11-12-47(20-31(53)54)14-16-48(15-13-46)36(37(58)59)43-30(52)4-2-1-3-29-32-26(23-67-29)42-39(60)44-32/h5-6,19,26,28-29,32-36,38,50-51,55-57H,1-4,7-18,20-23H2,(H,41,61)(H,43,52)(H,53,54)(H,58,59)(H2,42,44,60). The number of nitro groups is 1. The van der Waals surface area contributed by atoms with Crippen LogP contribution in [-0.2, 0) is 30.5 Å². The minimum atomic E-state index is -1.75. The fraction of sp³-hybridized carbons (Fsp3) is 0.725. The molecule has 0 radical (unpaired) electrons. The number of carbonyl (C=O) groups is 5. The molecule has 26 nitrogen and oxygen atoms in total. The molecule has 67 heavy (non-hydrogen) atoms. The summed E-state index contributed by atoms with van der Waals surface area (Å²) in [4.78, 5) is 80.3. The number of hydrogen-bond donors (Lipinski definition) is 11. The van der Waals surface area contributed by atoms with Gasteiger partial charge in [0.2, 0.25) is 12.2 Å². The van der Waals surface area contributed by atoms with Crippen LogP contribution in [0, 0.1) is 10.1 Å². The summed E-state index contributed by atoms with van der Waals surface area (Å²) in [5.41, 5.74) is -0.510. The molecule has 0 saturated carbocycles. The Morgan fingerprint density at radius 3 is 2.28 bits per heavy atom. The molecular weight excluding hydrogens is 911 g/mol. The number of hydrogen-bond acceptors (Lipinski definition) is 20. The molecule has 11 N–H and O–H groups in total. The van der Waals surface area contributed by atoms with E-state index in [9.17, 15) is 69.8 Å². The van der Waals surface area contributed by atoms with Crippen molar-refractivity contribution in [2.24, 2.45) is 0 Å². The van der Waals surface area contributed by atoms with Crippen molar-refractivity contribution in [1.82, 2.24) is 40.9 Å². The van der Waals surface area contributed by atoms with Crippen molar-refractivity contribution in [2.45, 2.75) is 86.5 Å². The van der Waals surface area contributed by atoms with Crippen molar-refractivity contribution in [1.29, 1.82) is 0 Å². The van der Waals surface area contributed by atoms with Gasteiger partial charge < -0.3 is 71.2 Å². The highest BCUT2D eigenvalue weighted by atomic mass is 32.2. The smallest absolute Gasteiger partial charge is 0.407 e. The minimum absolute atomic E-state index is 0.00861. The molecule has 0 bridgehead atoms. The zero-order valence-corrected chi connectivity index (χ0v) is 37.7. The maximum Gasteiger partial charge on any atom is 0.407 e. The lowest BCUT2D eigenvalue weighted by atomic mass is 9.99. The first-order valence-corrected chi connectivity index (χ1v) is 23.2. The number of urea groups is 1. The number of unbranched alkanes of at least 4 members (excludes halogenated alkanes) is 1. The van der Waals surface area contributed by atoms with Gasteiger partial charge in [0.25, 0.3) is 5.69 Å². The van der Waals surface area contributed by atoms with Crippen LogP contribution in [0.3, 0.4) is 0 Å². The Hall–Kier alpha value is -4.68. The van der Waals surface area contributed by atoms with Crippen molar-refractivity contribution in [3.63, 3.8) is 0 Å². The van der Waals surface area contributed by atoms with Gasteiger partial charge in [0.15, 0.2) is 6.17 Å².